The smallest absolute Gasteiger partial charge is 0.164 e. The van der Waals surface area contributed by atoms with Crippen LogP contribution in [0, 0.1) is 0 Å². The van der Waals surface area contributed by atoms with Crippen molar-refractivity contribution in [1.29, 1.82) is 0 Å². The van der Waals surface area contributed by atoms with Crippen molar-refractivity contribution in [3.05, 3.63) is 188 Å². The van der Waals surface area contributed by atoms with Crippen LogP contribution in [0.3, 0.4) is 0 Å². The van der Waals surface area contributed by atoms with Crippen molar-refractivity contribution in [2.45, 2.75) is 0 Å². The number of hydrogen-bond donors (Lipinski definition) is 0. The first-order chi connectivity index (χ1) is 27.8. The van der Waals surface area contributed by atoms with Crippen molar-refractivity contribution in [3.8, 4) is 67.5 Å². The van der Waals surface area contributed by atoms with Gasteiger partial charge in [0.1, 0.15) is 11.2 Å². The summed E-state index contributed by atoms with van der Waals surface area (Å²) in [5.74, 6) is 1.90. The molecule has 0 aliphatic carbocycles. The number of nitrogens with zero attached hydrogens (tertiary/aromatic N) is 3. The number of rotatable bonds is 6. The van der Waals surface area contributed by atoms with Gasteiger partial charge in [0.15, 0.2) is 17.5 Å². The maximum absolute atomic E-state index is 6.88. The van der Waals surface area contributed by atoms with Crippen LogP contribution in [0.15, 0.2) is 192 Å². The third-order valence-electron chi connectivity index (χ3n) is 10.6. The minimum absolute atomic E-state index is 0.621. The van der Waals surface area contributed by atoms with Crippen molar-refractivity contribution in [2.24, 2.45) is 0 Å². The fourth-order valence-electron chi connectivity index (χ4n) is 7.97. The van der Waals surface area contributed by atoms with E-state index in [0.29, 0.717) is 17.5 Å². The van der Waals surface area contributed by atoms with E-state index in [1.54, 1.807) is 0 Å². The van der Waals surface area contributed by atoms with Gasteiger partial charge in [0.05, 0.1) is 0 Å². The molecule has 0 bridgehead atoms. The van der Waals surface area contributed by atoms with Crippen LogP contribution in [0.5, 0.6) is 0 Å². The fourth-order valence-corrected chi connectivity index (χ4v) is 9.24. The average molecular weight is 734 g/mol. The highest BCUT2D eigenvalue weighted by Crippen LogP contribution is 2.48. The van der Waals surface area contributed by atoms with E-state index in [1.807, 2.05) is 72.0 Å². The van der Waals surface area contributed by atoms with Crippen molar-refractivity contribution < 1.29 is 4.42 Å². The van der Waals surface area contributed by atoms with Gasteiger partial charge in [-0.3, -0.25) is 0 Å². The Balaban J connectivity index is 1.09. The predicted octanol–water partition coefficient (Wildman–Crippen LogP) is 14.1. The highest BCUT2D eigenvalue weighted by Gasteiger charge is 2.21. The number of aromatic nitrogens is 3. The number of fused-ring (bicyclic) bond motifs is 6. The predicted molar refractivity (Wildman–Crippen MR) is 233 cm³/mol. The van der Waals surface area contributed by atoms with Crippen LogP contribution in [0.2, 0.25) is 0 Å². The Labute approximate surface area is 327 Å². The van der Waals surface area contributed by atoms with E-state index >= 15 is 0 Å². The third kappa shape index (κ3) is 5.40. The third-order valence-corrected chi connectivity index (χ3v) is 11.8. The zero-order valence-corrected chi connectivity index (χ0v) is 30.9. The quantitative estimate of drug-likeness (QED) is 0.171. The maximum Gasteiger partial charge on any atom is 0.164 e. The average Bonchev–Trinajstić information content (AvgIpc) is 3.86. The van der Waals surface area contributed by atoms with E-state index in [9.17, 15) is 0 Å². The second-order valence-corrected chi connectivity index (χ2v) is 15.0. The van der Waals surface area contributed by atoms with E-state index in [-0.39, 0.29) is 0 Å². The zero-order valence-electron chi connectivity index (χ0n) is 30.1. The summed E-state index contributed by atoms with van der Waals surface area (Å²) in [6, 6.07) is 65.5. The molecule has 0 unspecified atom stereocenters. The summed E-state index contributed by atoms with van der Waals surface area (Å²) in [7, 11) is 0. The SMILES string of the molecule is c1ccc(-c2nc(-c3ccccc3)nc(-c3cccc(-c4cccc5oc6c(-c7ccc8c(sc9ccccc98)c7-c7ccccc7)cccc6c45)c3)n2)cc1. The molecule has 56 heavy (non-hydrogen) atoms. The molecule has 11 rings (SSSR count). The molecular weight excluding hydrogens is 703 g/mol. The lowest BCUT2D eigenvalue weighted by Gasteiger charge is -2.13. The monoisotopic (exact) mass is 733 g/mol. The number of thiophene rings is 1. The van der Waals surface area contributed by atoms with Gasteiger partial charge < -0.3 is 4.42 Å². The van der Waals surface area contributed by atoms with Crippen molar-refractivity contribution in [3.63, 3.8) is 0 Å². The molecule has 0 N–H and O–H groups in total. The van der Waals surface area contributed by atoms with Crippen LogP contribution in [0.25, 0.3) is 110 Å². The second kappa shape index (κ2) is 13.3. The van der Waals surface area contributed by atoms with Crippen molar-refractivity contribution in [1.82, 2.24) is 15.0 Å². The number of hydrogen-bond acceptors (Lipinski definition) is 5. The van der Waals surface area contributed by atoms with Crippen LogP contribution >= 0.6 is 11.3 Å². The molecule has 0 atom stereocenters. The molecule has 5 heteroatoms. The molecule has 262 valence electrons. The first-order valence-corrected chi connectivity index (χ1v) is 19.5. The molecule has 0 radical (unpaired) electrons. The molecule has 11 aromatic rings. The number of furan rings is 1. The summed E-state index contributed by atoms with van der Waals surface area (Å²) in [5, 5.41) is 4.72. The van der Waals surface area contributed by atoms with E-state index in [2.05, 4.69) is 127 Å². The Morgan fingerprint density at radius 3 is 1.66 bits per heavy atom. The van der Waals surface area contributed by atoms with Gasteiger partial charge in [0.2, 0.25) is 0 Å². The lowest BCUT2D eigenvalue weighted by Crippen LogP contribution is -2.00. The molecule has 0 spiro atoms. The Morgan fingerprint density at radius 1 is 0.375 bits per heavy atom. The summed E-state index contributed by atoms with van der Waals surface area (Å²) >= 11 is 1.86. The van der Waals surface area contributed by atoms with Gasteiger partial charge in [-0.2, -0.15) is 0 Å². The summed E-state index contributed by atoms with van der Waals surface area (Å²) < 4.78 is 9.45. The Kier molecular flexibility index (Phi) is 7.64. The molecule has 3 heterocycles. The van der Waals surface area contributed by atoms with Crippen LogP contribution in [-0.2, 0) is 0 Å². The lowest BCUT2D eigenvalue weighted by molar-refractivity contribution is 0.670. The molecule has 4 nitrogen and oxygen atoms in total. The van der Waals surface area contributed by atoms with Crippen LogP contribution in [-0.4, -0.2) is 15.0 Å². The van der Waals surface area contributed by atoms with Crippen LogP contribution in [0.1, 0.15) is 0 Å². The van der Waals surface area contributed by atoms with E-state index in [4.69, 9.17) is 19.4 Å². The first-order valence-electron chi connectivity index (χ1n) is 18.7. The Hall–Kier alpha value is -7.21. The van der Waals surface area contributed by atoms with Gasteiger partial charge in [-0.15, -0.1) is 11.3 Å². The van der Waals surface area contributed by atoms with Gasteiger partial charge in [-0.25, -0.2) is 15.0 Å². The van der Waals surface area contributed by atoms with Gasteiger partial charge in [-0.05, 0) is 40.5 Å². The second-order valence-electron chi connectivity index (χ2n) is 13.9. The summed E-state index contributed by atoms with van der Waals surface area (Å²) in [5.41, 5.74) is 11.3. The number of benzene rings is 8. The van der Waals surface area contributed by atoms with Gasteiger partial charge >= 0.3 is 0 Å². The highest BCUT2D eigenvalue weighted by molar-refractivity contribution is 7.26. The van der Waals surface area contributed by atoms with E-state index in [0.717, 1.165) is 60.9 Å². The van der Waals surface area contributed by atoms with E-state index < -0.39 is 0 Å². The first kappa shape index (κ1) is 32.2. The van der Waals surface area contributed by atoms with Gasteiger partial charge in [-0.1, -0.05) is 170 Å². The number of para-hydroxylation sites is 1. The molecule has 0 saturated carbocycles. The van der Waals surface area contributed by atoms with Crippen LogP contribution < -0.4 is 0 Å². The van der Waals surface area contributed by atoms with Crippen molar-refractivity contribution >= 4 is 53.4 Å². The topological polar surface area (TPSA) is 51.8 Å². The molecule has 8 aromatic carbocycles. The Bertz CT molecular complexity index is 3180. The molecule has 0 saturated heterocycles. The molecular formula is C51H31N3OS. The minimum Gasteiger partial charge on any atom is -0.455 e. The molecule has 0 aliphatic rings. The summed E-state index contributed by atoms with van der Waals surface area (Å²) in [6.45, 7) is 0. The summed E-state index contributed by atoms with van der Waals surface area (Å²) in [4.78, 5) is 14.9. The fraction of sp³-hybridized carbons (Fsp3) is 0. The Morgan fingerprint density at radius 2 is 0.929 bits per heavy atom. The molecule has 0 amide bonds. The van der Waals surface area contributed by atoms with Gasteiger partial charge in [0.25, 0.3) is 0 Å². The molecule has 0 fully saturated rings. The normalized spacial score (nSPS) is 11.6. The standard InChI is InChI=1S/C51H31N3OS/c1-4-15-32(16-5-1)45-39(29-30-41-38-23-10-11-28-44(38)56-48(41)45)40-25-13-26-42-46-37(24-14-27-43(46)55-47(40)42)35-21-12-22-36(31-35)51-53-49(33-17-6-2-7-18-33)52-50(54-51)34-19-8-3-9-20-34/h1-31H. The minimum atomic E-state index is 0.621. The highest BCUT2D eigenvalue weighted by atomic mass is 32.1. The molecule has 0 aliphatic heterocycles. The van der Waals surface area contributed by atoms with Gasteiger partial charge in [0, 0.05) is 58.8 Å². The zero-order chi connectivity index (χ0) is 37.0. The maximum atomic E-state index is 6.88. The largest absolute Gasteiger partial charge is 0.455 e. The van der Waals surface area contributed by atoms with Crippen LogP contribution in [0.4, 0.5) is 0 Å². The molecule has 3 aromatic heterocycles. The lowest BCUT2D eigenvalue weighted by atomic mass is 9.91. The summed E-state index contributed by atoms with van der Waals surface area (Å²) in [6.07, 6.45) is 0. The van der Waals surface area contributed by atoms with Crippen molar-refractivity contribution in [2.75, 3.05) is 0 Å². The van der Waals surface area contributed by atoms with E-state index in [1.165, 1.54) is 31.3 Å².